The smallest absolute Gasteiger partial charge is 0.413 e. The zero-order valence-electron chi connectivity index (χ0n) is 19.1. The van der Waals surface area contributed by atoms with E-state index < -0.39 is 8.32 Å². The Labute approximate surface area is 169 Å². The van der Waals surface area contributed by atoms with Crippen molar-refractivity contribution in [3.05, 3.63) is 24.8 Å². The maximum atomic E-state index is 6.82. The summed E-state index contributed by atoms with van der Waals surface area (Å²) in [7, 11) is -1.97. The van der Waals surface area contributed by atoms with Crippen LogP contribution in [0.4, 0.5) is 0 Å². The van der Waals surface area contributed by atoms with Crippen LogP contribution in [0.2, 0.25) is 24.5 Å². The molecule has 1 saturated carbocycles. The minimum absolute atomic E-state index is 0.164. The molecule has 0 spiro atoms. The molecule has 1 aliphatic heterocycles. The van der Waals surface area contributed by atoms with Gasteiger partial charge in [-0.25, -0.2) is 0 Å². The molecule has 27 heavy (non-hydrogen) atoms. The van der Waals surface area contributed by atoms with Crippen LogP contribution < -0.4 is 0 Å². The van der Waals surface area contributed by atoms with Gasteiger partial charge in [0.25, 0.3) is 0 Å². The van der Waals surface area contributed by atoms with E-state index in [9.17, 15) is 0 Å². The number of hydrogen-bond acceptors (Lipinski definition) is 3. The fourth-order valence-corrected chi connectivity index (χ4v) is 4.99. The second-order valence-electron chi connectivity index (χ2n) is 10.8. The molecular formula is C22H41BO3Si. The molecule has 0 unspecified atom stereocenters. The van der Waals surface area contributed by atoms with Crippen molar-refractivity contribution in [2.75, 3.05) is 0 Å². The van der Waals surface area contributed by atoms with Crippen molar-refractivity contribution in [2.24, 2.45) is 11.8 Å². The molecule has 154 valence electrons. The molecule has 0 aromatic rings. The van der Waals surface area contributed by atoms with Crippen LogP contribution in [0.25, 0.3) is 0 Å². The second-order valence-corrected chi connectivity index (χ2v) is 15.6. The van der Waals surface area contributed by atoms with Gasteiger partial charge in [-0.2, -0.15) is 0 Å². The Bertz CT molecular complexity index is 546. The second kappa shape index (κ2) is 7.81. The van der Waals surface area contributed by atoms with Crippen molar-refractivity contribution in [3.8, 4) is 0 Å². The summed E-state index contributed by atoms with van der Waals surface area (Å²) in [5, 5.41) is 0.221. The van der Waals surface area contributed by atoms with Crippen molar-refractivity contribution < 1.29 is 13.7 Å². The normalized spacial score (nSPS) is 31.0. The maximum absolute atomic E-state index is 6.82. The standard InChI is InChI=1S/C22H41BO3Si/c1-11-17-14-15-18(19(17)24-27(9,10)20(2,3)4)13-12-16-23-25-21(5,6)22(7,8)26-23/h11-13,17-19H,1,14-16H2,2-10H3/b13-12-/t17-,18+,19-/m0/s1. The van der Waals surface area contributed by atoms with E-state index >= 15 is 0 Å². The van der Waals surface area contributed by atoms with Gasteiger partial charge in [0.15, 0.2) is 8.32 Å². The Morgan fingerprint density at radius 1 is 1.07 bits per heavy atom. The predicted octanol–water partition coefficient (Wildman–Crippen LogP) is 6.24. The van der Waals surface area contributed by atoms with Crippen molar-refractivity contribution >= 4 is 15.4 Å². The predicted molar refractivity (Wildman–Crippen MR) is 119 cm³/mol. The molecule has 0 aromatic carbocycles. The molecule has 1 saturated heterocycles. The lowest BCUT2D eigenvalue weighted by molar-refractivity contribution is 0.00578. The molecule has 0 N–H and O–H groups in total. The molecule has 0 radical (unpaired) electrons. The minimum atomic E-state index is -1.80. The van der Waals surface area contributed by atoms with Crippen molar-refractivity contribution in [1.82, 2.24) is 0 Å². The third-order valence-electron chi connectivity index (χ3n) is 7.23. The van der Waals surface area contributed by atoms with E-state index in [2.05, 4.69) is 86.4 Å². The largest absolute Gasteiger partial charge is 0.461 e. The number of allylic oxidation sites excluding steroid dienone is 1. The third-order valence-corrected chi connectivity index (χ3v) is 11.7. The fraction of sp³-hybridized carbons (Fsp3) is 0.818. The molecule has 5 heteroatoms. The average Bonchev–Trinajstić information content (AvgIpc) is 2.95. The zero-order chi connectivity index (χ0) is 20.7. The Kier molecular flexibility index (Phi) is 6.63. The van der Waals surface area contributed by atoms with Crippen LogP contribution in [0.15, 0.2) is 24.8 Å². The minimum Gasteiger partial charge on any atom is -0.413 e. The van der Waals surface area contributed by atoms with E-state index in [-0.39, 0.29) is 29.5 Å². The van der Waals surface area contributed by atoms with Crippen molar-refractivity contribution in [1.29, 1.82) is 0 Å². The summed E-state index contributed by atoms with van der Waals surface area (Å²) in [4.78, 5) is 0. The molecule has 3 nitrogen and oxygen atoms in total. The van der Waals surface area contributed by atoms with Crippen LogP contribution >= 0.6 is 0 Å². The molecule has 3 atom stereocenters. The lowest BCUT2D eigenvalue weighted by atomic mass is 9.84. The Morgan fingerprint density at radius 3 is 2.07 bits per heavy atom. The van der Waals surface area contributed by atoms with Gasteiger partial charge in [0, 0.05) is 18.2 Å². The van der Waals surface area contributed by atoms with E-state index in [1.165, 1.54) is 0 Å². The van der Waals surface area contributed by atoms with E-state index in [0.717, 1.165) is 19.2 Å². The highest BCUT2D eigenvalue weighted by Crippen LogP contribution is 2.43. The summed E-state index contributed by atoms with van der Waals surface area (Å²) in [6.07, 6.45) is 10.0. The Hall–Kier alpha value is -0.358. The summed E-state index contributed by atoms with van der Waals surface area (Å²) in [5.74, 6) is 0.898. The summed E-state index contributed by atoms with van der Waals surface area (Å²) >= 11 is 0. The molecule has 0 amide bonds. The summed E-state index contributed by atoms with van der Waals surface area (Å²) < 4.78 is 19.0. The van der Waals surface area contributed by atoms with Gasteiger partial charge in [0.05, 0.1) is 17.3 Å². The quantitative estimate of drug-likeness (QED) is 0.396. The van der Waals surface area contributed by atoms with Crippen LogP contribution in [0.1, 0.15) is 61.3 Å². The van der Waals surface area contributed by atoms with E-state index in [0.29, 0.717) is 11.8 Å². The fourth-order valence-electron chi connectivity index (χ4n) is 3.61. The average molecular weight is 392 g/mol. The molecular weight excluding hydrogens is 351 g/mol. The van der Waals surface area contributed by atoms with Gasteiger partial charge in [-0.15, -0.1) is 6.58 Å². The molecule has 1 aliphatic carbocycles. The van der Waals surface area contributed by atoms with Crippen LogP contribution in [0, 0.1) is 11.8 Å². The molecule has 1 heterocycles. The maximum Gasteiger partial charge on any atom is 0.461 e. The van der Waals surface area contributed by atoms with Gasteiger partial charge in [-0.3, -0.25) is 0 Å². The lowest BCUT2D eigenvalue weighted by Gasteiger charge is -2.40. The highest BCUT2D eigenvalue weighted by molar-refractivity contribution is 6.74. The molecule has 2 fully saturated rings. The third kappa shape index (κ3) is 4.98. The van der Waals surface area contributed by atoms with Crippen molar-refractivity contribution in [3.63, 3.8) is 0 Å². The molecule has 2 aliphatic rings. The van der Waals surface area contributed by atoms with Crippen LogP contribution in [0.5, 0.6) is 0 Å². The first-order valence-electron chi connectivity index (χ1n) is 10.5. The summed E-state index contributed by atoms with van der Waals surface area (Å²) in [6, 6.07) is 0. The highest BCUT2D eigenvalue weighted by Gasteiger charge is 2.50. The monoisotopic (exact) mass is 392 g/mol. The molecule has 0 aromatic heterocycles. The van der Waals surface area contributed by atoms with Crippen LogP contribution in [-0.2, 0) is 13.7 Å². The van der Waals surface area contributed by atoms with Gasteiger partial charge in [-0.05, 0) is 58.7 Å². The number of rotatable bonds is 6. The SMILES string of the molecule is C=C[C@H]1CC[C@@H](/C=C\CB2OC(C)(C)C(C)(C)O2)[C@H]1O[Si](C)(C)C(C)(C)C. The molecule has 0 bridgehead atoms. The van der Waals surface area contributed by atoms with Crippen molar-refractivity contribution in [2.45, 2.75) is 103 Å². The topological polar surface area (TPSA) is 27.7 Å². The summed E-state index contributed by atoms with van der Waals surface area (Å²) in [5.41, 5.74) is -0.526. The van der Waals surface area contributed by atoms with Gasteiger partial charge >= 0.3 is 7.12 Å². The zero-order valence-corrected chi connectivity index (χ0v) is 20.1. The van der Waals surface area contributed by atoms with Gasteiger partial charge in [0.2, 0.25) is 0 Å². The first kappa shape index (κ1) is 22.9. The summed E-state index contributed by atoms with van der Waals surface area (Å²) in [6.45, 7) is 24.1. The van der Waals surface area contributed by atoms with E-state index in [4.69, 9.17) is 13.7 Å². The van der Waals surface area contributed by atoms with Gasteiger partial charge in [-0.1, -0.05) is 39.0 Å². The lowest BCUT2D eigenvalue weighted by Crippen LogP contribution is -2.46. The van der Waals surface area contributed by atoms with Gasteiger partial charge < -0.3 is 13.7 Å². The van der Waals surface area contributed by atoms with E-state index in [1.807, 2.05) is 0 Å². The van der Waals surface area contributed by atoms with Crippen LogP contribution in [-0.4, -0.2) is 32.7 Å². The van der Waals surface area contributed by atoms with Gasteiger partial charge in [0.1, 0.15) is 0 Å². The Balaban J connectivity index is 2.02. The first-order valence-corrected chi connectivity index (χ1v) is 13.4. The number of hydrogen-bond donors (Lipinski definition) is 0. The van der Waals surface area contributed by atoms with Crippen LogP contribution in [0.3, 0.4) is 0 Å². The Morgan fingerprint density at radius 2 is 1.59 bits per heavy atom. The van der Waals surface area contributed by atoms with E-state index in [1.54, 1.807) is 0 Å². The first-order chi connectivity index (χ1) is 12.2. The molecule has 2 rings (SSSR count). The highest BCUT2D eigenvalue weighted by atomic mass is 28.4.